The third-order valence-corrected chi connectivity index (χ3v) is 2.10. The van der Waals surface area contributed by atoms with Gasteiger partial charge in [0.15, 0.2) is 0 Å². The zero-order valence-electron chi connectivity index (χ0n) is 7.96. The number of nitrogens with one attached hydrogen (secondary N) is 1. The van der Waals surface area contributed by atoms with E-state index in [1.165, 1.54) is 0 Å². The van der Waals surface area contributed by atoms with Crippen molar-refractivity contribution in [2.45, 2.75) is 19.6 Å². The third-order valence-electron chi connectivity index (χ3n) is 1.85. The predicted octanol–water partition coefficient (Wildman–Crippen LogP) is 2.18. The fraction of sp³-hybridized carbons (Fsp3) is 0.300. The van der Waals surface area contributed by atoms with E-state index in [-0.39, 0.29) is 11.9 Å². The molecule has 3 N–H and O–H groups in total. The standard InChI is InChI=1S/C10H13ClN2O/c1-7(10(12)13)14-6-8-2-4-9(11)5-3-8/h2-5,7H,6H2,1H3,(H3,12,13). The molecule has 0 saturated carbocycles. The van der Waals surface area contributed by atoms with Crippen molar-refractivity contribution in [3.05, 3.63) is 34.9 Å². The highest BCUT2D eigenvalue weighted by Gasteiger charge is 2.04. The van der Waals surface area contributed by atoms with Gasteiger partial charge < -0.3 is 10.5 Å². The second-order valence-electron chi connectivity index (χ2n) is 3.04. The summed E-state index contributed by atoms with van der Waals surface area (Å²) in [6.07, 6.45) is -0.342. The topological polar surface area (TPSA) is 59.1 Å². The van der Waals surface area contributed by atoms with Crippen molar-refractivity contribution < 1.29 is 4.74 Å². The minimum absolute atomic E-state index is 0.0407. The van der Waals surface area contributed by atoms with E-state index < -0.39 is 0 Å². The number of ether oxygens (including phenoxy) is 1. The zero-order valence-corrected chi connectivity index (χ0v) is 8.71. The molecular weight excluding hydrogens is 200 g/mol. The first-order valence-electron chi connectivity index (χ1n) is 4.29. The molecule has 0 radical (unpaired) electrons. The van der Waals surface area contributed by atoms with Gasteiger partial charge in [0, 0.05) is 5.02 Å². The number of hydrogen-bond acceptors (Lipinski definition) is 2. The molecule has 0 bridgehead atoms. The van der Waals surface area contributed by atoms with Crippen LogP contribution in [0.1, 0.15) is 12.5 Å². The summed E-state index contributed by atoms with van der Waals surface area (Å²) in [6, 6.07) is 7.38. The molecule has 14 heavy (non-hydrogen) atoms. The highest BCUT2D eigenvalue weighted by Crippen LogP contribution is 2.10. The first-order valence-corrected chi connectivity index (χ1v) is 4.67. The average Bonchev–Trinajstić information content (AvgIpc) is 2.16. The van der Waals surface area contributed by atoms with Gasteiger partial charge in [-0.25, -0.2) is 0 Å². The van der Waals surface area contributed by atoms with Gasteiger partial charge in [-0.15, -0.1) is 0 Å². The Morgan fingerprint density at radius 2 is 2.07 bits per heavy atom. The molecule has 1 atom stereocenters. The Morgan fingerprint density at radius 1 is 1.50 bits per heavy atom. The molecule has 1 unspecified atom stereocenters. The Hall–Kier alpha value is -1.06. The van der Waals surface area contributed by atoms with Crippen LogP contribution in [0.4, 0.5) is 0 Å². The summed E-state index contributed by atoms with van der Waals surface area (Å²) in [5.74, 6) is 0.0407. The van der Waals surface area contributed by atoms with Crippen molar-refractivity contribution in [2.75, 3.05) is 0 Å². The van der Waals surface area contributed by atoms with Crippen LogP contribution in [0.25, 0.3) is 0 Å². The van der Waals surface area contributed by atoms with Gasteiger partial charge in [0.25, 0.3) is 0 Å². The molecule has 0 fully saturated rings. The Labute approximate surface area is 88.3 Å². The Kier molecular flexibility index (Phi) is 3.92. The van der Waals surface area contributed by atoms with Crippen molar-refractivity contribution in [3.8, 4) is 0 Å². The first kappa shape index (κ1) is 11.0. The van der Waals surface area contributed by atoms with E-state index in [2.05, 4.69) is 0 Å². The van der Waals surface area contributed by atoms with Gasteiger partial charge >= 0.3 is 0 Å². The highest BCUT2D eigenvalue weighted by atomic mass is 35.5. The van der Waals surface area contributed by atoms with Gasteiger partial charge in [-0.1, -0.05) is 23.7 Å². The molecule has 0 aliphatic carbocycles. The lowest BCUT2D eigenvalue weighted by Crippen LogP contribution is -2.27. The van der Waals surface area contributed by atoms with Crippen LogP contribution in [0.2, 0.25) is 5.02 Å². The molecule has 0 amide bonds. The van der Waals surface area contributed by atoms with Crippen LogP contribution in [0.3, 0.4) is 0 Å². The van der Waals surface area contributed by atoms with E-state index in [0.717, 1.165) is 5.56 Å². The summed E-state index contributed by atoms with van der Waals surface area (Å²) in [6.45, 7) is 2.19. The number of rotatable bonds is 4. The number of nitrogens with two attached hydrogens (primary N) is 1. The van der Waals surface area contributed by atoms with Crippen molar-refractivity contribution in [1.29, 1.82) is 5.41 Å². The van der Waals surface area contributed by atoms with Crippen molar-refractivity contribution >= 4 is 17.4 Å². The quantitative estimate of drug-likeness (QED) is 0.594. The van der Waals surface area contributed by atoms with E-state index in [1.54, 1.807) is 19.1 Å². The van der Waals surface area contributed by atoms with Crippen LogP contribution in [0, 0.1) is 5.41 Å². The largest absolute Gasteiger partial charge is 0.385 e. The van der Waals surface area contributed by atoms with Crippen molar-refractivity contribution in [3.63, 3.8) is 0 Å². The van der Waals surface area contributed by atoms with E-state index in [9.17, 15) is 0 Å². The molecule has 1 aromatic rings. The van der Waals surface area contributed by atoms with E-state index in [4.69, 9.17) is 27.5 Å². The molecule has 0 aliphatic heterocycles. The second-order valence-corrected chi connectivity index (χ2v) is 3.47. The molecule has 1 aromatic carbocycles. The molecule has 1 rings (SSSR count). The minimum Gasteiger partial charge on any atom is -0.385 e. The Bertz CT molecular complexity index is 310. The Balaban J connectivity index is 2.46. The molecule has 0 aromatic heterocycles. The average molecular weight is 213 g/mol. The smallest absolute Gasteiger partial charge is 0.120 e. The van der Waals surface area contributed by atoms with Gasteiger partial charge in [-0.2, -0.15) is 0 Å². The number of hydrogen-bond donors (Lipinski definition) is 2. The number of amidine groups is 1. The normalized spacial score (nSPS) is 12.4. The monoisotopic (exact) mass is 212 g/mol. The van der Waals surface area contributed by atoms with Gasteiger partial charge in [0.1, 0.15) is 11.9 Å². The van der Waals surface area contributed by atoms with Crippen molar-refractivity contribution in [2.24, 2.45) is 5.73 Å². The SMILES string of the molecule is CC(OCc1ccc(Cl)cc1)C(=N)N. The highest BCUT2D eigenvalue weighted by molar-refractivity contribution is 6.30. The maximum Gasteiger partial charge on any atom is 0.120 e. The molecular formula is C10H13ClN2O. The van der Waals surface area contributed by atoms with Crippen LogP contribution < -0.4 is 5.73 Å². The van der Waals surface area contributed by atoms with Crippen LogP contribution in [0.15, 0.2) is 24.3 Å². The maximum absolute atomic E-state index is 7.13. The van der Waals surface area contributed by atoms with Crippen LogP contribution in [-0.4, -0.2) is 11.9 Å². The summed E-state index contributed by atoms with van der Waals surface area (Å²) in [5.41, 5.74) is 6.28. The fourth-order valence-corrected chi connectivity index (χ4v) is 1.02. The van der Waals surface area contributed by atoms with E-state index in [1.807, 2.05) is 12.1 Å². The van der Waals surface area contributed by atoms with Gasteiger partial charge in [0.2, 0.25) is 0 Å². The first-order chi connectivity index (χ1) is 6.59. The Morgan fingerprint density at radius 3 is 2.57 bits per heavy atom. The number of halogens is 1. The molecule has 0 spiro atoms. The molecule has 76 valence electrons. The lowest BCUT2D eigenvalue weighted by molar-refractivity contribution is 0.0948. The summed E-state index contributed by atoms with van der Waals surface area (Å²) in [4.78, 5) is 0. The third kappa shape index (κ3) is 3.36. The zero-order chi connectivity index (χ0) is 10.6. The molecule has 0 saturated heterocycles. The van der Waals surface area contributed by atoms with Crippen molar-refractivity contribution in [1.82, 2.24) is 0 Å². The van der Waals surface area contributed by atoms with Crippen LogP contribution >= 0.6 is 11.6 Å². The van der Waals surface area contributed by atoms with Gasteiger partial charge in [-0.05, 0) is 24.6 Å². The summed E-state index contributed by atoms with van der Waals surface area (Å²) < 4.78 is 5.34. The van der Waals surface area contributed by atoms with Gasteiger partial charge in [0.05, 0.1) is 6.61 Å². The lowest BCUT2D eigenvalue weighted by Gasteiger charge is -2.10. The molecule has 0 aliphatic rings. The summed E-state index contributed by atoms with van der Waals surface area (Å²) in [7, 11) is 0. The molecule has 3 nitrogen and oxygen atoms in total. The fourth-order valence-electron chi connectivity index (χ4n) is 0.892. The summed E-state index contributed by atoms with van der Waals surface area (Å²) >= 11 is 5.73. The molecule has 4 heteroatoms. The van der Waals surface area contributed by atoms with Crippen LogP contribution in [0.5, 0.6) is 0 Å². The predicted molar refractivity (Wildman–Crippen MR) is 57.6 cm³/mol. The lowest BCUT2D eigenvalue weighted by atomic mass is 10.2. The molecule has 0 heterocycles. The van der Waals surface area contributed by atoms with Gasteiger partial charge in [-0.3, -0.25) is 5.41 Å². The van der Waals surface area contributed by atoms with Crippen LogP contribution in [-0.2, 0) is 11.3 Å². The maximum atomic E-state index is 7.13. The van der Waals surface area contributed by atoms with E-state index in [0.29, 0.717) is 11.6 Å². The van der Waals surface area contributed by atoms with E-state index >= 15 is 0 Å². The second kappa shape index (κ2) is 4.98. The minimum atomic E-state index is -0.342. The summed E-state index contributed by atoms with van der Waals surface area (Å²) in [5, 5.41) is 7.83. The number of benzene rings is 1.